The number of aromatic hydroxyl groups is 1. The molecule has 1 aromatic rings. The van der Waals surface area contributed by atoms with E-state index in [2.05, 4.69) is 15.9 Å². The summed E-state index contributed by atoms with van der Waals surface area (Å²) >= 11 is 3.04. The highest BCUT2D eigenvalue weighted by Crippen LogP contribution is 2.28. The minimum absolute atomic E-state index is 0.121. The van der Waals surface area contributed by atoms with Gasteiger partial charge < -0.3 is 10.8 Å². The van der Waals surface area contributed by atoms with Crippen LogP contribution in [0.3, 0.4) is 0 Å². The number of aryl methyl sites for hydroxylation is 1. The van der Waals surface area contributed by atoms with Gasteiger partial charge in [0.15, 0.2) is 5.78 Å². The number of carbonyl (C=O) groups excluding carboxylic acids is 1. The Morgan fingerprint density at radius 1 is 1.62 bits per heavy atom. The SMILES string of the molecule is Cc1ccc(N)c(O)c1C(=O)CBr. The van der Waals surface area contributed by atoms with Crippen molar-refractivity contribution < 1.29 is 9.90 Å². The first-order valence-corrected chi connectivity index (χ1v) is 4.87. The van der Waals surface area contributed by atoms with Crippen LogP contribution in [0.1, 0.15) is 15.9 Å². The molecule has 3 nitrogen and oxygen atoms in total. The highest BCUT2D eigenvalue weighted by molar-refractivity contribution is 9.09. The second-order valence-corrected chi connectivity index (χ2v) is 3.31. The van der Waals surface area contributed by atoms with Gasteiger partial charge in [-0.25, -0.2) is 0 Å². The lowest BCUT2D eigenvalue weighted by Crippen LogP contribution is -2.04. The van der Waals surface area contributed by atoms with Gasteiger partial charge in [-0.2, -0.15) is 0 Å². The molecule has 0 radical (unpaired) electrons. The Balaban J connectivity index is 3.33. The molecule has 1 aromatic carbocycles. The predicted octanol–water partition coefficient (Wildman–Crippen LogP) is 1.86. The van der Waals surface area contributed by atoms with Gasteiger partial charge in [0.1, 0.15) is 5.75 Å². The molecule has 4 heteroatoms. The van der Waals surface area contributed by atoms with E-state index in [-0.39, 0.29) is 22.6 Å². The minimum atomic E-state index is -0.165. The van der Waals surface area contributed by atoms with Gasteiger partial charge >= 0.3 is 0 Å². The molecule has 0 unspecified atom stereocenters. The number of phenolic OH excluding ortho intramolecular Hbond substituents is 1. The van der Waals surface area contributed by atoms with Crippen molar-refractivity contribution >= 4 is 27.4 Å². The topological polar surface area (TPSA) is 63.3 Å². The molecule has 0 bridgehead atoms. The maximum atomic E-state index is 11.3. The highest BCUT2D eigenvalue weighted by Gasteiger charge is 2.14. The van der Waals surface area contributed by atoms with Crippen molar-refractivity contribution in [2.75, 3.05) is 11.1 Å². The Bertz CT molecular complexity index is 350. The molecular weight excluding hydrogens is 234 g/mol. The molecular formula is C9H10BrNO2. The van der Waals surface area contributed by atoms with Gasteiger partial charge in [0.2, 0.25) is 0 Å². The number of anilines is 1. The molecule has 3 N–H and O–H groups in total. The van der Waals surface area contributed by atoms with Gasteiger partial charge in [-0.1, -0.05) is 22.0 Å². The average molecular weight is 244 g/mol. The van der Waals surface area contributed by atoms with Gasteiger partial charge in [0, 0.05) is 0 Å². The summed E-state index contributed by atoms with van der Waals surface area (Å²) in [5.74, 6) is -0.285. The van der Waals surface area contributed by atoms with Gasteiger partial charge in [0.25, 0.3) is 0 Å². The molecule has 0 aliphatic rings. The van der Waals surface area contributed by atoms with Crippen molar-refractivity contribution in [2.24, 2.45) is 0 Å². The number of nitrogens with two attached hydrogens (primary N) is 1. The third-order valence-corrected chi connectivity index (χ3v) is 2.33. The molecule has 0 heterocycles. The van der Waals surface area contributed by atoms with Crippen molar-refractivity contribution in [1.82, 2.24) is 0 Å². The largest absolute Gasteiger partial charge is 0.505 e. The van der Waals surface area contributed by atoms with Crippen LogP contribution in [0, 0.1) is 6.92 Å². The third-order valence-electron chi connectivity index (χ3n) is 1.82. The number of benzene rings is 1. The zero-order chi connectivity index (χ0) is 10.0. The first-order chi connectivity index (χ1) is 6.07. The Labute approximate surface area is 84.7 Å². The lowest BCUT2D eigenvalue weighted by molar-refractivity contribution is 0.102. The van der Waals surface area contributed by atoms with E-state index >= 15 is 0 Å². The van der Waals surface area contributed by atoms with Crippen LogP contribution in [-0.2, 0) is 0 Å². The molecule has 0 aliphatic carbocycles. The van der Waals surface area contributed by atoms with Crippen LogP contribution >= 0.6 is 15.9 Å². The molecule has 70 valence electrons. The fourth-order valence-electron chi connectivity index (χ4n) is 1.13. The van der Waals surface area contributed by atoms with Crippen LogP contribution in [0.5, 0.6) is 5.75 Å². The molecule has 0 aromatic heterocycles. The predicted molar refractivity (Wildman–Crippen MR) is 55.4 cm³/mol. The van der Waals surface area contributed by atoms with Gasteiger partial charge in [-0.05, 0) is 18.6 Å². The molecule has 0 saturated carbocycles. The smallest absolute Gasteiger partial charge is 0.177 e. The second kappa shape index (κ2) is 3.79. The zero-order valence-corrected chi connectivity index (χ0v) is 8.76. The maximum Gasteiger partial charge on any atom is 0.177 e. The number of hydrogen-bond acceptors (Lipinski definition) is 3. The molecule has 0 spiro atoms. The van der Waals surface area contributed by atoms with E-state index < -0.39 is 0 Å². The molecule has 0 fully saturated rings. The van der Waals surface area contributed by atoms with Crippen molar-refractivity contribution in [3.8, 4) is 5.75 Å². The van der Waals surface area contributed by atoms with E-state index in [0.717, 1.165) is 5.56 Å². The summed E-state index contributed by atoms with van der Waals surface area (Å²) in [6.07, 6.45) is 0. The number of hydrogen-bond donors (Lipinski definition) is 2. The van der Waals surface area contributed by atoms with Crippen molar-refractivity contribution in [3.05, 3.63) is 23.3 Å². The number of halogens is 1. The van der Waals surface area contributed by atoms with Crippen molar-refractivity contribution in [2.45, 2.75) is 6.92 Å². The number of Topliss-reactive ketones (excluding diaryl/α,β-unsaturated/α-hetero) is 1. The van der Waals surface area contributed by atoms with E-state index in [1.165, 1.54) is 0 Å². The Hall–Kier alpha value is -1.03. The van der Waals surface area contributed by atoms with Crippen molar-refractivity contribution in [1.29, 1.82) is 0 Å². The van der Waals surface area contributed by atoms with Crippen LogP contribution in [-0.4, -0.2) is 16.2 Å². The number of ketones is 1. The van der Waals surface area contributed by atoms with E-state index in [4.69, 9.17) is 5.73 Å². The number of carbonyl (C=O) groups is 1. The standard InChI is InChI=1S/C9H10BrNO2/c1-5-2-3-6(11)9(13)8(5)7(12)4-10/h2-3,13H,4,11H2,1H3. The summed E-state index contributed by atoms with van der Waals surface area (Å²) in [4.78, 5) is 11.3. The monoisotopic (exact) mass is 243 g/mol. The van der Waals surface area contributed by atoms with Crippen LogP contribution in [0.15, 0.2) is 12.1 Å². The van der Waals surface area contributed by atoms with E-state index in [9.17, 15) is 9.90 Å². The summed E-state index contributed by atoms with van der Waals surface area (Å²) in [7, 11) is 0. The lowest BCUT2D eigenvalue weighted by atomic mass is 10.0. The van der Waals surface area contributed by atoms with E-state index in [0.29, 0.717) is 5.56 Å². The van der Waals surface area contributed by atoms with E-state index in [1.54, 1.807) is 19.1 Å². The molecule has 0 saturated heterocycles. The second-order valence-electron chi connectivity index (χ2n) is 2.75. The van der Waals surface area contributed by atoms with Crippen LogP contribution in [0.2, 0.25) is 0 Å². The first-order valence-electron chi connectivity index (χ1n) is 3.75. The lowest BCUT2D eigenvalue weighted by Gasteiger charge is -2.07. The summed E-state index contributed by atoms with van der Waals surface area (Å²) in [5, 5.41) is 9.70. The van der Waals surface area contributed by atoms with Crippen LogP contribution in [0.25, 0.3) is 0 Å². The summed E-state index contributed by atoms with van der Waals surface area (Å²) in [5.41, 5.74) is 6.73. The molecule has 0 amide bonds. The Kier molecular flexibility index (Phi) is 2.93. The quantitative estimate of drug-likeness (QED) is 0.361. The molecule has 13 heavy (non-hydrogen) atoms. The molecule has 0 aliphatic heterocycles. The van der Waals surface area contributed by atoms with Crippen LogP contribution < -0.4 is 5.73 Å². The van der Waals surface area contributed by atoms with Gasteiger partial charge in [-0.3, -0.25) is 4.79 Å². The zero-order valence-electron chi connectivity index (χ0n) is 7.17. The minimum Gasteiger partial charge on any atom is -0.505 e. The normalized spacial score (nSPS) is 10.0. The Morgan fingerprint density at radius 3 is 2.77 bits per heavy atom. The number of alkyl halides is 1. The first kappa shape index (κ1) is 10.1. The Morgan fingerprint density at radius 2 is 2.23 bits per heavy atom. The average Bonchev–Trinajstić information content (AvgIpc) is 2.12. The molecule has 1 rings (SSSR count). The third kappa shape index (κ3) is 1.83. The highest BCUT2D eigenvalue weighted by atomic mass is 79.9. The van der Waals surface area contributed by atoms with Gasteiger partial charge in [0.05, 0.1) is 16.6 Å². The van der Waals surface area contributed by atoms with Gasteiger partial charge in [-0.15, -0.1) is 0 Å². The fourth-order valence-corrected chi connectivity index (χ4v) is 1.41. The molecule has 0 atom stereocenters. The fraction of sp³-hybridized carbons (Fsp3) is 0.222. The number of phenols is 1. The summed E-state index contributed by atoms with van der Waals surface area (Å²) < 4.78 is 0. The summed E-state index contributed by atoms with van der Waals surface area (Å²) in [6.45, 7) is 1.76. The maximum absolute atomic E-state index is 11.3. The van der Waals surface area contributed by atoms with Crippen LogP contribution in [0.4, 0.5) is 5.69 Å². The summed E-state index contributed by atoms with van der Waals surface area (Å²) in [6, 6.07) is 3.29. The van der Waals surface area contributed by atoms with E-state index in [1.807, 2.05) is 0 Å². The number of nitrogen functional groups attached to an aromatic ring is 1. The van der Waals surface area contributed by atoms with Crippen molar-refractivity contribution in [3.63, 3.8) is 0 Å². The number of rotatable bonds is 2.